The van der Waals surface area contributed by atoms with E-state index < -0.39 is 12.3 Å². The Morgan fingerprint density at radius 3 is 2.88 bits per heavy atom. The monoisotopic (exact) mass is 350 g/mol. The molecule has 0 aromatic carbocycles. The Labute approximate surface area is 144 Å². The van der Waals surface area contributed by atoms with Gasteiger partial charge in [0.1, 0.15) is 0 Å². The largest absolute Gasteiger partial charge is 0.420 e. The Morgan fingerprint density at radius 1 is 1.24 bits per heavy atom. The summed E-state index contributed by atoms with van der Waals surface area (Å²) in [6, 6.07) is 0.174. The van der Waals surface area contributed by atoms with Crippen molar-refractivity contribution in [2.45, 2.75) is 44.0 Å². The van der Waals surface area contributed by atoms with Crippen molar-refractivity contribution in [2.75, 3.05) is 13.1 Å². The molecule has 25 heavy (non-hydrogen) atoms. The van der Waals surface area contributed by atoms with E-state index in [-0.39, 0.29) is 23.6 Å². The lowest BCUT2D eigenvalue weighted by atomic mass is 9.78. The van der Waals surface area contributed by atoms with Gasteiger partial charge in [0.25, 0.3) is 0 Å². The first-order valence-electron chi connectivity index (χ1n) is 9.07. The molecule has 0 spiro atoms. The van der Waals surface area contributed by atoms with Crippen molar-refractivity contribution >= 4 is 0 Å². The maximum absolute atomic E-state index is 13.3. The second kappa shape index (κ2) is 5.24. The number of aliphatic hydroxyl groups is 1. The van der Waals surface area contributed by atoms with Crippen LogP contribution in [-0.2, 0) is 0 Å². The summed E-state index contributed by atoms with van der Waals surface area (Å²) in [4.78, 5) is 4.19. The van der Waals surface area contributed by atoms with E-state index in [1.54, 1.807) is 11.0 Å². The van der Waals surface area contributed by atoms with Crippen LogP contribution in [0.15, 0.2) is 47.0 Å². The number of piperidine rings is 1. The van der Waals surface area contributed by atoms with Crippen LogP contribution >= 0.6 is 0 Å². The number of hydrogen-bond donors (Lipinski definition) is 1. The number of rotatable bonds is 1. The molecule has 5 aliphatic rings. The van der Waals surface area contributed by atoms with Gasteiger partial charge in [-0.1, -0.05) is 18.2 Å². The number of hydrogen-bond acceptors (Lipinski definition) is 3. The average Bonchev–Trinajstić information content (AvgIpc) is 2.94. The molecule has 4 heterocycles. The van der Waals surface area contributed by atoms with Crippen molar-refractivity contribution < 1.29 is 18.3 Å². The van der Waals surface area contributed by atoms with Crippen LogP contribution in [0.5, 0.6) is 0 Å². The fourth-order valence-electron chi connectivity index (χ4n) is 5.38. The second-order valence-electron chi connectivity index (χ2n) is 7.63. The number of nitrogens with zero attached hydrogens (tertiary/aromatic N) is 2. The fraction of sp³-hybridized carbons (Fsp3) is 0.579. The lowest BCUT2D eigenvalue weighted by Crippen LogP contribution is -2.54. The maximum atomic E-state index is 13.3. The molecule has 1 aliphatic carbocycles. The van der Waals surface area contributed by atoms with Crippen LogP contribution in [0.2, 0.25) is 0 Å². The normalized spacial score (nSPS) is 35.2. The number of halogens is 3. The minimum atomic E-state index is -4.65. The van der Waals surface area contributed by atoms with Gasteiger partial charge in [-0.25, -0.2) is 0 Å². The number of alkyl halides is 3. The zero-order valence-corrected chi connectivity index (χ0v) is 13.8. The van der Waals surface area contributed by atoms with Gasteiger partial charge in [0.15, 0.2) is 6.10 Å². The summed E-state index contributed by atoms with van der Waals surface area (Å²) < 4.78 is 40.0. The van der Waals surface area contributed by atoms with Crippen molar-refractivity contribution in [3.05, 3.63) is 47.0 Å². The van der Waals surface area contributed by atoms with Crippen molar-refractivity contribution in [3.63, 3.8) is 0 Å². The predicted octanol–water partition coefficient (Wildman–Crippen LogP) is 3.32. The zero-order valence-electron chi connectivity index (χ0n) is 13.8. The molecule has 1 N–H and O–H groups in total. The maximum Gasteiger partial charge on any atom is 0.420 e. The first-order valence-corrected chi connectivity index (χ1v) is 9.07. The van der Waals surface area contributed by atoms with E-state index in [0.29, 0.717) is 0 Å². The Kier molecular flexibility index (Phi) is 3.29. The summed E-state index contributed by atoms with van der Waals surface area (Å²) in [7, 11) is 0. The van der Waals surface area contributed by atoms with Crippen molar-refractivity contribution in [2.24, 2.45) is 11.8 Å². The van der Waals surface area contributed by atoms with E-state index in [2.05, 4.69) is 11.0 Å². The van der Waals surface area contributed by atoms with Gasteiger partial charge in [-0.3, -0.25) is 4.90 Å². The van der Waals surface area contributed by atoms with Crippen LogP contribution in [0.25, 0.3) is 0 Å². The zero-order chi connectivity index (χ0) is 17.3. The van der Waals surface area contributed by atoms with Gasteiger partial charge in [-0.15, -0.1) is 0 Å². The van der Waals surface area contributed by atoms with Crippen LogP contribution in [0.4, 0.5) is 13.2 Å². The second-order valence-corrected chi connectivity index (χ2v) is 7.63. The highest BCUT2D eigenvalue weighted by Gasteiger charge is 2.54. The minimum Gasteiger partial charge on any atom is -0.378 e. The quantitative estimate of drug-likeness (QED) is 0.786. The summed E-state index contributed by atoms with van der Waals surface area (Å²) in [6.07, 6.45) is 4.23. The lowest BCUT2D eigenvalue weighted by molar-refractivity contribution is -0.196. The standard InChI is InChI=1S/C19H21F3N2O/c20-19(21,22)18(25)15-10-11-4-3-8-23-9-7-13-12-5-1-2-6-14(12)24(15)17(13)16(11)23/h1-2,6,10-12,16,18,25H,3-5,7-9H2. The molecule has 134 valence electrons. The summed E-state index contributed by atoms with van der Waals surface area (Å²) in [5, 5.41) is 10.1. The third kappa shape index (κ3) is 2.13. The molecule has 6 heteroatoms. The fourth-order valence-corrected chi connectivity index (χ4v) is 5.38. The first-order chi connectivity index (χ1) is 12.0. The number of allylic oxidation sites excluding steroid dienone is 4. The highest BCUT2D eigenvalue weighted by Crippen LogP contribution is 2.54. The van der Waals surface area contributed by atoms with Crippen LogP contribution in [0, 0.1) is 11.8 Å². The Bertz CT molecular complexity index is 733. The van der Waals surface area contributed by atoms with E-state index in [1.807, 2.05) is 12.2 Å². The Balaban J connectivity index is 1.69. The van der Waals surface area contributed by atoms with Gasteiger partial charge in [-0.2, -0.15) is 13.2 Å². The van der Waals surface area contributed by atoms with Gasteiger partial charge in [0, 0.05) is 29.8 Å². The first kappa shape index (κ1) is 15.7. The predicted molar refractivity (Wildman–Crippen MR) is 87.0 cm³/mol. The SMILES string of the molecule is OC(C1=CC2CCCN3CCC4=C(C23)N1C1=CC=CCC14)C(F)(F)F. The Hall–Kier alpha value is -1.53. The van der Waals surface area contributed by atoms with Crippen molar-refractivity contribution in [1.29, 1.82) is 0 Å². The van der Waals surface area contributed by atoms with Gasteiger partial charge in [-0.05, 0) is 43.9 Å². The molecule has 0 amide bonds. The Morgan fingerprint density at radius 2 is 2.08 bits per heavy atom. The third-order valence-corrected chi connectivity index (χ3v) is 6.34. The van der Waals surface area contributed by atoms with Crippen LogP contribution in [0.3, 0.4) is 0 Å². The van der Waals surface area contributed by atoms with E-state index >= 15 is 0 Å². The summed E-state index contributed by atoms with van der Waals surface area (Å²) >= 11 is 0. The molecule has 4 atom stereocenters. The van der Waals surface area contributed by atoms with Crippen molar-refractivity contribution in [1.82, 2.24) is 9.80 Å². The van der Waals surface area contributed by atoms with Crippen LogP contribution < -0.4 is 0 Å². The lowest BCUT2D eigenvalue weighted by Gasteiger charge is -2.50. The molecule has 0 saturated carbocycles. The molecule has 1 fully saturated rings. The molecule has 4 unspecified atom stereocenters. The number of fused-ring (bicyclic) bond motifs is 3. The molecular formula is C19H21F3N2O. The minimum absolute atomic E-state index is 0.0223. The summed E-state index contributed by atoms with van der Waals surface area (Å²) in [5.41, 5.74) is 3.27. The molecule has 4 aliphatic heterocycles. The van der Waals surface area contributed by atoms with E-state index in [9.17, 15) is 18.3 Å². The molecule has 1 saturated heterocycles. The van der Waals surface area contributed by atoms with E-state index in [0.717, 1.165) is 50.2 Å². The highest BCUT2D eigenvalue weighted by atomic mass is 19.4. The van der Waals surface area contributed by atoms with E-state index in [4.69, 9.17) is 0 Å². The van der Waals surface area contributed by atoms with Gasteiger partial charge >= 0.3 is 6.18 Å². The molecular weight excluding hydrogens is 329 g/mol. The molecule has 5 rings (SSSR count). The summed E-state index contributed by atoms with van der Waals surface area (Å²) in [5.74, 6) is 0.239. The molecule has 0 radical (unpaired) electrons. The van der Waals surface area contributed by atoms with E-state index in [1.165, 1.54) is 5.57 Å². The van der Waals surface area contributed by atoms with Gasteiger partial charge in [0.2, 0.25) is 0 Å². The van der Waals surface area contributed by atoms with Gasteiger partial charge < -0.3 is 10.0 Å². The molecule has 0 aromatic rings. The third-order valence-electron chi connectivity index (χ3n) is 6.34. The smallest absolute Gasteiger partial charge is 0.378 e. The van der Waals surface area contributed by atoms with Crippen LogP contribution in [-0.4, -0.2) is 46.3 Å². The highest BCUT2D eigenvalue weighted by molar-refractivity contribution is 5.50. The molecule has 3 nitrogen and oxygen atoms in total. The van der Waals surface area contributed by atoms with Gasteiger partial charge in [0.05, 0.1) is 11.7 Å². The van der Waals surface area contributed by atoms with Crippen LogP contribution in [0.1, 0.15) is 25.7 Å². The topological polar surface area (TPSA) is 26.7 Å². The summed E-state index contributed by atoms with van der Waals surface area (Å²) in [6.45, 7) is 2.01. The van der Waals surface area contributed by atoms with Crippen molar-refractivity contribution in [3.8, 4) is 0 Å². The molecule has 0 bridgehead atoms. The number of aliphatic hydroxyl groups excluding tert-OH is 1. The molecule has 0 aromatic heterocycles. The average molecular weight is 350 g/mol.